The molecule has 2 amide bonds. The van der Waals surface area contributed by atoms with Crippen LogP contribution in [0.4, 0.5) is 11.9 Å². The van der Waals surface area contributed by atoms with Crippen molar-refractivity contribution in [3.8, 4) is 5.75 Å². The van der Waals surface area contributed by atoms with Gasteiger partial charge in [0.15, 0.2) is 0 Å². The molecule has 1 aromatic heterocycles. The van der Waals surface area contributed by atoms with E-state index >= 15 is 0 Å². The summed E-state index contributed by atoms with van der Waals surface area (Å²) in [6.45, 7) is 0. The van der Waals surface area contributed by atoms with Crippen LogP contribution in [0.3, 0.4) is 0 Å². The molecule has 0 radical (unpaired) electrons. The molecule has 3 aromatic carbocycles. The lowest BCUT2D eigenvalue weighted by Crippen LogP contribution is -2.30. The zero-order valence-electron chi connectivity index (χ0n) is 18.5. The van der Waals surface area contributed by atoms with Crippen LogP contribution in [0, 0.1) is 0 Å². The first-order valence-corrected chi connectivity index (χ1v) is 11.2. The number of aromatic nitrogens is 3. The predicted molar refractivity (Wildman–Crippen MR) is 132 cm³/mol. The number of nitrogens with zero attached hydrogens (tertiary/aromatic N) is 4. The van der Waals surface area contributed by atoms with E-state index in [1.165, 1.54) is 0 Å². The molecule has 0 bridgehead atoms. The Balaban J connectivity index is 1.44. The fourth-order valence-electron chi connectivity index (χ4n) is 4.28. The molecule has 6 rings (SSSR count). The highest BCUT2D eigenvalue weighted by Gasteiger charge is 2.40. The number of hydrogen-bond donors (Lipinski definition) is 1. The van der Waals surface area contributed by atoms with E-state index in [1.54, 1.807) is 36.1 Å². The van der Waals surface area contributed by atoms with Crippen LogP contribution in [0.15, 0.2) is 78.9 Å². The first kappa shape index (κ1) is 21.1. The van der Waals surface area contributed by atoms with Gasteiger partial charge in [0.2, 0.25) is 5.95 Å². The number of carbonyl (C=O) groups is 2. The lowest BCUT2D eigenvalue weighted by atomic mass is 10.0. The van der Waals surface area contributed by atoms with Crippen LogP contribution >= 0.6 is 11.6 Å². The molecule has 2 aliphatic rings. The molecule has 1 N–H and O–H groups in total. The Hall–Kier alpha value is -4.43. The van der Waals surface area contributed by atoms with Crippen molar-refractivity contribution in [3.05, 3.63) is 106 Å². The second kappa shape index (κ2) is 8.11. The molecule has 0 aliphatic carbocycles. The van der Waals surface area contributed by atoms with E-state index in [1.807, 2.05) is 54.6 Å². The quantitative estimate of drug-likeness (QED) is 0.419. The van der Waals surface area contributed by atoms with E-state index in [9.17, 15) is 9.59 Å². The number of nitrogens with one attached hydrogen (secondary N) is 1. The van der Waals surface area contributed by atoms with Crippen LogP contribution in [-0.4, -0.2) is 33.7 Å². The van der Waals surface area contributed by atoms with Gasteiger partial charge >= 0.3 is 0 Å². The number of hydrogen-bond acceptors (Lipinski definition) is 6. The predicted octanol–water partition coefficient (Wildman–Crippen LogP) is 4.80. The SMILES string of the molecule is COc1ccc(C2C=C(c3ccc(Cl)cc3)Nc3nc(N4C(=O)c5ccccc5C4=O)nn32)cc1. The molecular formula is C26H18ClN5O3. The number of halogens is 1. The molecule has 35 heavy (non-hydrogen) atoms. The van der Waals surface area contributed by atoms with Crippen LogP contribution < -0.4 is 15.0 Å². The van der Waals surface area contributed by atoms with Crippen LogP contribution in [0.2, 0.25) is 5.02 Å². The van der Waals surface area contributed by atoms with Gasteiger partial charge in [0.25, 0.3) is 17.8 Å². The minimum Gasteiger partial charge on any atom is -0.497 e. The van der Waals surface area contributed by atoms with Gasteiger partial charge in [-0.15, -0.1) is 5.10 Å². The summed E-state index contributed by atoms with van der Waals surface area (Å²) in [5, 5.41) is 8.51. The number of carbonyl (C=O) groups excluding carboxylic acids is 2. The highest BCUT2D eigenvalue weighted by molar-refractivity contribution is 6.33. The zero-order valence-corrected chi connectivity index (χ0v) is 19.2. The van der Waals surface area contributed by atoms with E-state index in [0.29, 0.717) is 22.1 Å². The number of allylic oxidation sites excluding steroid dienone is 1. The average Bonchev–Trinajstić information content (AvgIpc) is 3.42. The van der Waals surface area contributed by atoms with Gasteiger partial charge in [0.1, 0.15) is 11.8 Å². The van der Waals surface area contributed by atoms with Gasteiger partial charge in [0.05, 0.1) is 18.2 Å². The Morgan fingerprint density at radius 1 is 0.914 bits per heavy atom. The minimum atomic E-state index is -0.444. The number of rotatable bonds is 4. The smallest absolute Gasteiger partial charge is 0.268 e. The number of anilines is 2. The summed E-state index contributed by atoms with van der Waals surface area (Å²) in [6, 6.07) is 21.4. The van der Waals surface area contributed by atoms with Crippen molar-refractivity contribution >= 4 is 41.0 Å². The maximum absolute atomic E-state index is 13.0. The maximum atomic E-state index is 13.0. The topological polar surface area (TPSA) is 89.3 Å². The van der Waals surface area contributed by atoms with Crippen molar-refractivity contribution in [1.29, 1.82) is 0 Å². The molecule has 3 heterocycles. The van der Waals surface area contributed by atoms with E-state index in [0.717, 1.165) is 27.5 Å². The highest BCUT2D eigenvalue weighted by Crippen LogP contribution is 2.36. The normalized spacial score (nSPS) is 16.5. The molecule has 8 nitrogen and oxygen atoms in total. The van der Waals surface area contributed by atoms with Crippen LogP contribution in [0.25, 0.3) is 5.70 Å². The van der Waals surface area contributed by atoms with Gasteiger partial charge in [-0.25, -0.2) is 9.58 Å². The Morgan fingerprint density at radius 3 is 2.20 bits per heavy atom. The van der Waals surface area contributed by atoms with Gasteiger partial charge in [0, 0.05) is 10.7 Å². The van der Waals surface area contributed by atoms with Crippen molar-refractivity contribution in [3.63, 3.8) is 0 Å². The van der Waals surface area contributed by atoms with Crippen LogP contribution in [0.1, 0.15) is 37.9 Å². The zero-order chi connectivity index (χ0) is 24.1. The fraction of sp³-hybridized carbons (Fsp3) is 0.0769. The second-order valence-corrected chi connectivity index (χ2v) is 8.54. The number of ether oxygens (including phenoxy) is 1. The summed E-state index contributed by atoms with van der Waals surface area (Å²) in [4.78, 5) is 31.6. The summed E-state index contributed by atoms with van der Waals surface area (Å²) in [5.74, 6) is 0.267. The summed E-state index contributed by atoms with van der Waals surface area (Å²) in [5.41, 5.74) is 3.31. The van der Waals surface area contributed by atoms with Crippen LogP contribution in [-0.2, 0) is 0 Å². The number of methoxy groups -OCH3 is 1. The van der Waals surface area contributed by atoms with E-state index in [2.05, 4.69) is 15.4 Å². The maximum Gasteiger partial charge on any atom is 0.268 e. The summed E-state index contributed by atoms with van der Waals surface area (Å²) < 4.78 is 6.96. The first-order chi connectivity index (χ1) is 17.0. The molecule has 0 fully saturated rings. The Kier molecular flexibility index (Phi) is 4.89. The Bertz CT molecular complexity index is 1470. The Morgan fingerprint density at radius 2 is 1.57 bits per heavy atom. The molecule has 172 valence electrons. The van der Waals surface area contributed by atoms with Gasteiger partial charge in [-0.05, 0) is 53.6 Å². The molecule has 2 aliphatic heterocycles. The molecule has 1 atom stereocenters. The van der Waals surface area contributed by atoms with Gasteiger partial charge in [-0.2, -0.15) is 4.98 Å². The molecule has 1 unspecified atom stereocenters. The lowest BCUT2D eigenvalue weighted by molar-refractivity contribution is 0.0923. The van der Waals surface area contributed by atoms with E-state index in [4.69, 9.17) is 16.3 Å². The summed E-state index contributed by atoms with van der Waals surface area (Å²) in [7, 11) is 1.61. The molecular weight excluding hydrogens is 466 g/mol. The third kappa shape index (κ3) is 3.46. The lowest BCUT2D eigenvalue weighted by Gasteiger charge is -2.24. The van der Waals surface area contributed by atoms with E-state index in [-0.39, 0.29) is 12.0 Å². The highest BCUT2D eigenvalue weighted by atomic mass is 35.5. The van der Waals surface area contributed by atoms with Crippen molar-refractivity contribution in [2.45, 2.75) is 6.04 Å². The fourth-order valence-corrected chi connectivity index (χ4v) is 4.41. The molecule has 0 saturated carbocycles. The second-order valence-electron chi connectivity index (χ2n) is 8.10. The van der Waals surface area contributed by atoms with E-state index < -0.39 is 11.8 Å². The summed E-state index contributed by atoms with van der Waals surface area (Å²) in [6.07, 6.45) is 2.01. The third-order valence-electron chi connectivity index (χ3n) is 6.06. The number of fused-ring (bicyclic) bond motifs is 2. The van der Waals surface area contributed by atoms with Crippen LogP contribution in [0.5, 0.6) is 5.75 Å². The Labute approximate surface area is 205 Å². The number of benzene rings is 3. The molecule has 9 heteroatoms. The molecule has 4 aromatic rings. The largest absolute Gasteiger partial charge is 0.497 e. The average molecular weight is 484 g/mol. The standard InChI is InChI=1S/C26H18ClN5O3/c1-35-18-12-8-16(9-13-18)22-14-21(15-6-10-17(27)11-7-15)28-25-29-26(30-32(22)25)31-23(33)19-4-2-3-5-20(19)24(31)34/h2-14,22H,1H3,(H,28,29,30). The third-order valence-corrected chi connectivity index (χ3v) is 6.31. The number of imide groups is 1. The van der Waals surface area contributed by atoms with Crippen molar-refractivity contribution in [2.24, 2.45) is 0 Å². The van der Waals surface area contributed by atoms with Crippen molar-refractivity contribution in [2.75, 3.05) is 17.3 Å². The molecule has 0 saturated heterocycles. The monoisotopic (exact) mass is 483 g/mol. The van der Waals surface area contributed by atoms with Gasteiger partial charge in [-0.3, -0.25) is 9.59 Å². The van der Waals surface area contributed by atoms with Gasteiger partial charge in [-0.1, -0.05) is 48.0 Å². The van der Waals surface area contributed by atoms with Gasteiger partial charge < -0.3 is 10.1 Å². The summed E-state index contributed by atoms with van der Waals surface area (Å²) >= 11 is 6.08. The van der Waals surface area contributed by atoms with Crippen molar-refractivity contribution < 1.29 is 14.3 Å². The minimum absolute atomic E-state index is 0.0166. The van der Waals surface area contributed by atoms with Crippen molar-refractivity contribution in [1.82, 2.24) is 14.8 Å². The number of amides is 2. The first-order valence-electron chi connectivity index (χ1n) is 10.9. The molecule has 0 spiro atoms.